The zero-order chi connectivity index (χ0) is 13.3. The molecular weight excluding hydrogens is 250 g/mol. The minimum Gasteiger partial charge on any atom is -0.480 e. The van der Waals surface area contributed by atoms with Gasteiger partial charge in [0, 0.05) is 0 Å². The van der Waals surface area contributed by atoms with Crippen LogP contribution in [-0.4, -0.2) is 26.8 Å². The van der Waals surface area contributed by atoms with Crippen LogP contribution in [0.4, 0.5) is 0 Å². The van der Waals surface area contributed by atoms with E-state index >= 15 is 0 Å². The highest BCUT2D eigenvalue weighted by Gasteiger charge is 2.44. The smallest absolute Gasteiger partial charge is 0.323 e. The van der Waals surface area contributed by atoms with Gasteiger partial charge < -0.3 is 13.9 Å². The van der Waals surface area contributed by atoms with Gasteiger partial charge in [0.25, 0.3) is 5.89 Å². The number of furan rings is 1. The van der Waals surface area contributed by atoms with Crippen LogP contribution in [0.1, 0.15) is 25.2 Å². The molecule has 0 aromatic carbocycles. The molecule has 0 saturated heterocycles. The Morgan fingerprint density at radius 2 is 2.32 bits per heavy atom. The number of carboxylic acid groups (broad SMARTS) is 1. The first-order chi connectivity index (χ1) is 9.20. The topological polar surface area (TPSA) is 101 Å². The third-order valence-electron chi connectivity index (χ3n) is 3.39. The van der Waals surface area contributed by atoms with Crippen molar-refractivity contribution in [1.29, 1.82) is 0 Å². The highest BCUT2D eigenvalue weighted by molar-refractivity contribution is 5.79. The summed E-state index contributed by atoms with van der Waals surface area (Å²) in [5, 5.41) is 19.9. The molecule has 1 aliphatic rings. The standard InChI is InChI=1S/C12H13N3O4/c16-11(17)12(4-2-5-12)13-7-9-14-15-10(19-9)8-3-1-6-18-8/h1,3,6,13H,2,4-5,7H2,(H,16,17). The van der Waals surface area contributed by atoms with E-state index in [2.05, 4.69) is 15.5 Å². The molecule has 7 heteroatoms. The first kappa shape index (κ1) is 11.9. The van der Waals surface area contributed by atoms with Crippen LogP contribution in [0.15, 0.2) is 27.2 Å². The summed E-state index contributed by atoms with van der Waals surface area (Å²) >= 11 is 0. The fourth-order valence-electron chi connectivity index (χ4n) is 2.07. The maximum atomic E-state index is 11.2. The number of nitrogens with zero attached hydrogens (tertiary/aromatic N) is 2. The molecule has 3 rings (SSSR count). The average Bonchev–Trinajstić information content (AvgIpc) is 2.97. The summed E-state index contributed by atoms with van der Waals surface area (Å²) in [6.07, 6.45) is 3.69. The Balaban J connectivity index is 1.66. The summed E-state index contributed by atoms with van der Waals surface area (Å²) in [5.74, 6) is 0.304. The lowest BCUT2D eigenvalue weighted by molar-refractivity contribution is -0.149. The molecule has 0 unspecified atom stereocenters. The van der Waals surface area contributed by atoms with Gasteiger partial charge in [0.1, 0.15) is 5.54 Å². The lowest BCUT2D eigenvalue weighted by atomic mass is 9.77. The molecule has 7 nitrogen and oxygen atoms in total. The van der Waals surface area contributed by atoms with Crippen molar-refractivity contribution in [2.24, 2.45) is 0 Å². The maximum Gasteiger partial charge on any atom is 0.323 e. The van der Waals surface area contributed by atoms with Crippen LogP contribution >= 0.6 is 0 Å². The summed E-state index contributed by atoms with van der Waals surface area (Å²) in [7, 11) is 0. The fourth-order valence-corrected chi connectivity index (χ4v) is 2.07. The van der Waals surface area contributed by atoms with Gasteiger partial charge in [0.2, 0.25) is 5.89 Å². The van der Waals surface area contributed by atoms with Crippen molar-refractivity contribution in [3.63, 3.8) is 0 Å². The Bertz CT molecular complexity index is 572. The van der Waals surface area contributed by atoms with Gasteiger partial charge in [0.15, 0.2) is 5.76 Å². The monoisotopic (exact) mass is 263 g/mol. The van der Waals surface area contributed by atoms with Crippen molar-refractivity contribution < 1.29 is 18.7 Å². The number of aliphatic carboxylic acids is 1. The third-order valence-corrected chi connectivity index (χ3v) is 3.39. The summed E-state index contributed by atoms with van der Waals surface area (Å²) in [6.45, 7) is 0.236. The van der Waals surface area contributed by atoms with E-state index in [9.17, 15) is 9.90 Å². The Morgan fingerprint density at radius 1 is 1.47 bits per heavy atom. The van der Waals surface area contributed by atoms with Crippen LogP contribution in [0, 0.1) is 0 Å². The molecule has 0 atom stereocenters. The molecule has 2 N–H and O–H groups in total. The zero-order valence-corrected chi connectivity index (χ0v) is 10.1. The van der Waals surface area contributed by atoms with Crippen molar-refractivity contribution in [1.82, 2.24) is 15.5 Å². The van der Waals surface area contributed by atoms with E-state index in [4.69, 9.17) is 8.83 Å². The van der Waals surface area contributed by atoms with E-state index in [1.54, 1.807) is 12.1 Å². The highest BCUT2D eigenvalue weighted by Crippen LogP contribution is 2.32. The van der Waals surface area contributed by atoms with Gasteiger partial charge >= 0.3 is 5.97 Å². The van der Waals surface area contributed by atoms with E-state index < -0.39 is 11.5 Å². The Hall–Kier alpha value is -2.15. The molecule has 0 radical (unpaired) electrons. The predicted octanol–water partition coefficient (Wildman–Crippen LogP) is 1.43. The van der Waals surface area contributed by atoms with Gasteiger partial charge in [-0.25, -0.2) is 0 Å². The van der Waals surface area contributed by atoms with E-state index in [0.29, 0.717) is 30.4 Å². The number of carboxylic acids is 1. The summed E-state index contributed by atoms with van der Waals surface area (Å²) in [5.41, 5.74) is -0.834. The van der Waals surface area contributed by atoms with E-state index in [-0.39, 0.29) is 6.54 Å². The van der Waals surface area contributed by atoms with Crippen LogP contribution in [0.3, 0.4) is 0 Å². The Labute approximate surface area is 108 Å². The second-order valence-corrected chi connectivity index (χ2v) is 4.57. The van der Waals surface area contributed by atoms with Crippen LogP contribution < -0.4 is 5.32 Å². The number of hydrogen-bond donors (Lipinski definition) is 2. The summed E-state index contributed by atoms with van der Waals surface area (Å²) < 4.78 is 10.5. The van der Waals surface area contributed by atoms with Crippen molar-refractivity contribution in [2.45, 2.75) is 31.3 Å². The van der Waals surface area contributed by atoms with E-state index in [1.807, 2.05) is 0 Å². The largest absolute Gasteiger partial charge is 0.480 e. The van der Waals surface area contributed by atoms with Gasteiger partial charge in [-0.2, -0.15) is 0 Å². The maximum absolute atomic E-state index is 11.2. The third kappa shape index (κ3) is 2.12. The number of hydrogen-bond acceptors (Lipinski definition) is 6. The quantitative estimate of drug-likeness (QED) is 0.841. The van der Waals surface area contributed by atoms with Crippen LogP contribution in [-0.2, 0) is 11.3 Å². The molecule has 2 aromatic heterocycles. The SMILES string of the molecule is O=C(O)C1(NCc2nnc(-c3ccco3)o2)CCC1. The second kappa shape index (κ2) is 4.51. The molecule has 0 bridgehead atoms. The van der Waals surface area contributed by atoms with Gasteiger partial charge in [-0.1, -0.05) is 0 Å². The zero-order valence-electron chi connectivity index (χ0n) is 10.1. The van der Waals surface area contributed by atoms with Crippen molar-refractivity contribution in [3.8, 4) is 11.7 Å². The van der Waals surface area contributed by atoms with Crippen LogP contribution in [0.2, 0.25) is 0 Å². The minimum atomic E-state index is -0.834. The molecule has 100 valence electrons. The van der Waals surface area contributed by atoms with E-state index in [1.165, 1.54) is 6.26 Å². The van der Waals surface area contributed by atoms with Gasteiger partial charge in [-0.05, 0) is 31.4 Å². The molecule has 19 heavy (non-hydrogen) atoms. The minimum absolute atomic E-state index is 0.236. The van der Waals surface area contributed by atoms with Crippen molar-refractivity contribution in [3.05, 3.63) is 24.3 Å². The molecule has 1 fully saturated rings. The molecule has 1 aliphatic carbocycles. The molecule has 0 spiro atoms. The van der Waals surface area contributed by atoms with Crippen molar-refractivity contribution in [2.75, 3.05) is 0 Å². The van der Waals surface area contributed by atoms with Crippen LogP contribution in [0.5, 0.6) is 0 Å². The molecule has 2 heterocycles. The lowest BCUT2D eigenvalue weighted by Crippen LogP contribution is -2.56. The van der Waals surface area contributed by atoms with Gasteiger partial charge in [-0.15, -0.1) is 10.2 Å². The van der Waals surface area contributed by atoms with E-state index in [0.717, 1.165) is 6.42 Å². The predicted molar refractivity (Wildman–Crippen MR) is 63.1 cm³/mol. The molecule has 0 amide bonds. The lowest BCUT2D eigenvalue weighted by Gasteiger charge is -2.38. The first-order valence-corrected chi connectivity index (χ1v) is 6.04. The number of nitrogens with one attached hydrogen (secondary N) is 1. The fraction of sp³-hybridized carbons (Fsp3) is 0.417. The molecule has 2 aromatic rings. The Morgan fingerprint density at radius 3 is 2.89 bits per heavy atom. The number of rotatable bonds is 5. The summed E-state index contributed by atoms with van der Waals surface area (Å²) in [6, 6.07) is 3.45. The van der Waals surface area contributed by atoms with Crippen LogP contribution in [0.25, 0.3) is 11.7 Å². The molecule has 1 saturated carbocycles. The molecule has 0 aliphatic heterocycles. The number of carbonyl (C=O) groups is 1. The van der Waals surface area contributed by atoms with Gasteiger partial charge in [0.05, 0.1) is 12.8 Å². The summed E-state index contributed by atoms with van der Waals surface area (Å²) in [4.78, 5) is 11.2. The highest BCUT2D eigenvalue weighted by atomic mass is 16.4. The molecular formula is C12H13N3O4. The average molecular weight is 263 g/mol. The van der Waals surface area contributed by atoms with Gasteiger partial charge in [-0.3, -0.25) is 10.1 Å². The Kier molecular flexibility index (Phi) is 2.83. The van der Waals surface area contributed by atoms with Crippen molar-refractivity contribution >= 4 is 5.97 Å². The normalized spacial score (nSPS) is 17.1. The first-order valence-electron chi connectivity index (χ1n) is 6.04. The number of aromatic nitrogens is 2. The second-order valence-electron chi connectivity index (χ2n) is 4.57.